The summed E-state index contributed by atoms with van der Waals surface area (Å²) in [5.74, 6) is 1.82. The fourth-order valence-corrected chi connectivity index (χ4v) is 4.14. The van der Waals surface area contributed by atoms with E-state index < -0.39 is 0 Å². The number of amides is 1. The Morgan fingerprint density at radius 1 is 1.12 bits per heavy atom. The molecule has 2 fully saturated rings. The maximum atomic E-state index is 12.3. The molecule has 4 rings (SSSR count). The Morgan fingerprint density at radius 3 is 2.77 bits per heavy atom. The van der Waals surface area contributed by atoms with Crippen molar-refractivity contribution in [1.29, 1.82) is 0 Å². The number of carbonyl (C=O) groups excluding carboxylic acids is 1. The molecule has 2 aromatic rings. The number of hydrogen-bond donors (Lipinski definition) is 1. The van der Waals surface area contributed by atoms with Gasteiger partial charge in [-0.15, -0.1) is 0 Å². The predicted octanol–water partition coefficient (Wildman–Crippen LogP) is 4.23. The van der Waals surface area contributed by atoms with Gasteiger partial charge in [-0.25, -0.2) is 0 Å². The lowest BCUT2D eigenvalue weighted by Crippen LogP contribution is -2.47. The zero-order valence-electron chi connectivity index (χ0n) is 14.7. The number of benzene rings is 2. The molecule has 5 heteroatoms. The maximum Gasteiger partial charge on any atom is 0.227 e. The van der Waals surface area contributed by atoms with Gasteiger partial charge in [-0.3, -0.25) is 9.69 Å². The van der Waals surface area contributed by atoms with Crippen LogP contribution in [0.25, 0.3) is 0 Å². The Morgan fingerprint density at radius 2 is 1.96 bits per heavy atom. The van der Waals surface area contributed by atoms with Crippen LogP contribution < -0.4 is 10.1 Å². The van der Waals surface area contributed by atoms with E-state index in [-0.39, 0.29) is 11.3 Å². The molecular formula is C21H23ClN2O2. The average molecular weight is 371 g/mol. The predicted molar refractivity (Wildman–Crippen MR) is 103 cm³/mol. The molecule has 0 radical (unpaired) electrons. The van der Waals surface area contributed by atoms with E-state index in [1.807, 2.05) is 36.4 Å². The van der Waals surface area contributed by atoms with Gasteiger partial charge in [-0.1, -0.05) is 23.7 Å². The molecule has 0 aromatic heterocycles. The van der Waals surface area contributed by atoms with Gasteiger partial charge in [0, 0.05) is 24.7 Å². The lowest BCUT2D eigenvalue weighted by molar-refractivity contribution is -0.132. The van der Waals surface area contributed by atoms with Crippen molar-refractivity contribution < 1.29 is 9.53 Å². The first-order valence-electron chi connectivity index (χ1n) is 9.16. The van der Waals surface area contributed by atoms with Crippen LogP contribution in [0.5, 0.6) is 11.5 Å². The first-order valence-corrected chi connectivity index (χ1v) is 9.54. The highest BCUT2D eigenvalue weighted by molar-refractivity contribution is 6.30. The van der Waals surface area contributed by atoms with Gasteiger partial charge in [0.05, 0.1) is 5.41 Å². The molecule has 1 atom stereocenters. The van der Waals surface area contributed by atoms with E-state index in [9.17, 15) is 4.79 Å². The molecule has 1 amide bonds. The second-order valence-corrected chi connectivity index (χ2v) is 7.74. The molecule has 0 saturated carbocycles. The largest absolute Gasteiger partial charge is 0.457 e. The first-order chi connectivity index (χ1) is 12.6. The van der Waals surface area contributed by atoms with Crippen LogP contribution in [-0.2, 0) is 11.3 Å². The van der Waals surface area contributed by atoms with E-state index >= 15 is 0 Å². The number of hydrogen-bond acceptors (Lipinski definition) is 3. The van der Waals surface area contributed by atoms with Crippen LogP contribution in [0.4, 0.5) is 0 Å². The van der Waals surface area contributed by atoms with Gasteiger partial charge in [-0.2, -0.15) is 0 Å². The van der Waals surface area contributed by atoms with E-state index in [1.54, 1.807) is 0 Å². The molecule has 0 bridgehead atoms. The summed E-state index contributed by atoms with van der Waals surface area (Å²) >= 11 is 5.92. The molecule has 2 aliphatic rings. The summed E-state index contributed by atoms with van der Waals surface area (Å²) < 4.78 is 5.92. The van der Waals surface area contributed by atoms with Crippen LogP contribution in [0.2, 0.25) is 5.02 Å². The van der Waals surface area contributed by atoms with Gasteiger partial charge in [-0.05, 0) is 67.8 Å². The van der Waals surface area contributed by atoms with E-state index in [0.717, 1.165) is 56.9 Å². The van der Waals surface area contributed by atoms with Gasteiger partial charge in [0.25, 0.3) is 0 Å². The number of piperidine rings is 1. The zero-order valence-corrected chi connectivity index (χ0v) is 15.5. The minimum Gasteiger partial charge on any atom is -0.457 e. The van der Waals surface area contributed by atoms with Crippen LogP contribution in [-0.4, -0.2) is 30.4 Å². The van der Waals surface area contributed by atoms with Crippen LogP contribution in [0.1, 0.15) is 24.8 Å². The molecule has 2 aliphatic heterocycles. The van der Waals surface area contributed by atoms with Crippen molar-refractivity contribution in [2.24, 2.45) is 5.41 Å². The van der Waals surface area contributed by atoms with Gasteiger partial charge in [0.2, 0.25) is 5.91 Å². The summed E-state index contributed by atoms with van der Waals surface area (Å²) in [6.07, 6.45) is 3.05. The van der Waals surface area contributed by atoms with Crippen LogP contribution in [0.15, 0.2) is 48.5 Å². The molecule has 136 valence electrons. The Balaban J connectivity index is 1.41. The van der Waals surface area contributed by atoms with Gasteiger partial charge in [0.15, 0.2) is 0 Å². The summed E-state index contributed by atoms with van der Waals surface area (Å²) in [5.41, 5.74) is 1.03. The van der Waals surface area contributed by atoms with Crippen molar-refractivity contribution in [3.8, 4) is 11.5 Å². The Labute approximate surface area is 159 Å². The Hall–Kier alpha value is -2.04. The van der Waals surface area contributed by atoms with Crippen molar-refractivity contribution in [2.45, 2.75) is 25.8 Å². The zero-order chi connectivity index (χ0) is 18.0. The van der Waals surface area contributed by atoms with Crippen molar-refractivity contribution in [2.75, 3.05) is 19.6 Å². The second kappa shape index (κ2) is 7.29. The highest BCUT2D eigenvalue weighted by atomic mass is 35.5. The fraction of sp³-hybridized carbons (Fsp3) is 0.381. The smallest absolute Gasteiger partial charge is 0.227 e. The minimum atomic E-state index is -0.171. The second-order valence-electron chi connectivity index (χ2n) is 7.30. The molecule has 1 spiro atoms. The van der Waals surface area contributed by atoms with E-state index in [4.69, 9.17) is 16.3 Å². The number of ether oxygens (including phenoxy) is 1. The molecule has 4 nitrogen and oxygen atoms in total. The SMILES string of the molecule is O=C1NCCC[C@@]12CCN(Cc1cccc(Oc3ccc(Cl)cc3)c1)C2. The van der Waals surface area contributed by atoms with Gasteiger partial charge in [0.1, 0.15) is 11.5 Å². The van der Waals surface area contributed by atoms with Gasteiger partial charge >= 0.3 is 0 Å². The molecule has 1 N–H and O–H groups in total. The molecule has 2 aromatic carbocycles. The van der Waals surface area contributed by atoms with E-state index in [1.165, 1.54) is 5.56 Å². The molecule has 0 unspecified atom stereocenters. The lowest BCUT2D eigenvalue weighted by atomic mass is 9.79. The van der Waals surface area contributed by atoms with Crippen molar-refractivity contribution in [3.05, 3.63) is 59.1 Å². The summed E-state index contributed by atoms with van der Waals surface area (Å²) in [4.78, 5) is 14.7. The summed E-state index contributed by atoms with van der Waals surface area (Å²) in [6.45, 7) is 3.48. The molecule has 26 heavy (non-hydrogen) atoms. The summed E-state index contributed by atoms with van der Waals surface area (Å²) in [6, 6.07) is 15.5. The number of carbonyl (C=O) groups is 1. The maximum absolute atomic E-state index is 12.3. The van der Waals surface area contributed by atoms with Crippen molar-refractivity contribution >= 4 is 17.5 Å². The number of nitrogens with one attached hydrogen (secondary N) is 1. The number of rotatable bonds is 4. The monoisotopic (exact) mass is 370 g/mol. The molecule has 0 aliphatic carbocycles. The van der Waals surface area contributed by atoms with E-state index in [2.05, 4.69) is 22.3 Å². The van der Waals surface area contributed by atoms with Crippen molar-refractivity contribution in [1.82, 2.24) is 10.2 Å². The van der Waals surface area contributed by atoms with Crippen LogP contribution in [0, 0.1) is 5.41 Å². The number of nitrogens with zero attached hydrogens (tertiary/aromatic N) is 1. The Bertz CT molecular complexity index is 793. The van der Waals surface area contributed by atoms with Crippen LogP contribution >= 0.6 is 11.6 Å². The lowest BCUT2D eigenvalue weighted by Gasteiger charge is -2.32. The topological polar surface area (TPSA) is 41.6 Å². The third-order valence-corrected chi connectivity index (χ3v) is 5.64. The number of likely N-dealkylation sites (tertiary alicyclic amines) is 1. The minimum absolute atomic E-state index is 0.171. The normalized spacial score (nSPS) is 23.2. The highest BCUT2D eigenvalue weighted by Gasteiger charge is 2.45. The Kier molecular flexibility index (Phi) is 4.88. The third-order valence-electron chi connectivity index (χ3n) is 5.39. The average Bonchev–Trinajstić information content (AvgIpc) is 3.04. The third kappa shape index (κ3) is 3.71. The quantitative estimate of drug-likeness (QED) is 0.875. The molecule has 2 saturated heterocycles. The molecular weight excluding hydrogens is 348 g/mol. The summed E-state index contributed by atoms with van der Waals surface area (Å²) in [7, 11) is 0. The summed E-state index contributed by atoms with van der Waals surface area (Å²) in [5, 5.41) is 3.74. The molecule has 2 heterocycles. The highest BCUT2D eigenvalue weighted by Crippen LogP contribution is 2.38. The van der Waals surface area contributed by atoms with E-state index in [0.29, 0.717) is 5.02 Å². The van der Waals surface area contributed by atoms with Crippen LogP contribution in [0.3, 0.4) is 0 Å². The number of halogens is 1. The standard InChI is InChI=1S/C21H23ClN2O2/c22-17-5-7-18(8-6-17)26-19-4-1-3-16(13-19)14-24-12-10-21(15-24)9-2-11-23-20(21)25/h1,3-8,13H,2,9-12,14-15H2,(H,23,25)/t21-/m0/s1. The van der Waals surface area contributed by atoms with Gasteiger partial charge < -0.3 is 10.1 Å². The fourth-order valence-electron chi connectivity index (χ4n) is 4.02. The van der Waals surface area contributed by atoms with Crippen molar-refractivity contribution in [3.63, 3.8) is 0 Å². The first kappa shape index (κ1) is 17.4.